The summed E-state index contributed by atoms with van der Waals surface area (Å²) in [5.74, 6) is 0. The van der Waals surface area contributed by atoms with Crippen molar-refractivity contribution in [2.45, 2.75) is 18.9 Å². The highest BCUT2D eigenvalue weighted by Crippen LogP contribution is 2.12. The molecule has 0 radical (unpaired) electrons. The summed E-state index contributed by atoms with van der Waals surface area (Å²) < 4.78 is 5.52. The highest BCUT2D eigenvalue weighted by Gasteiger charge is 2.15. The molecule has 1 aliphatic heterocycles. The maximum absolute atomic E-state index is 5.81. The number of hydrogen-bond donors (Lipinski definition) is 1. The molecule has 1 aromatic rings. The normalized spacial score (nSPS) is 19.7. The Morgan fingerprint density at radius 2 is 2.19 bits per heavy atom. The number of thiocarbonyl (C=S) groups is 1. The molecule has 0 unspecified atom stereocenters. The third-order valence-electron chi connectivity index (χ3n) is 2.62. The summed E-state index contributed by atoms with van der Waals surface area (Å²) in [6.45, 7) is 1.67. The minimum atomic E-state index is 0.310. The highest BCUT2D eigenvalue weighted by atomic mass is 35.5. The van der Waals surface area contributed by atoms with E-state index >= 15 is 0 Å². The van der Waals surface area contributed by atoms with Gasteiger partial charge in [-0.25, -0.2) is 0 Å². The lowest BCUT2D eigenvalue weighted by Gasteiger charge is -2.12. The molecule has 1 heterocycles. The SMILES string of the molecule is S=C(NC[C@@H]1CCCO1)c1ccc(Cl)cc1. The van der Waals surface area contributed by atoms with Gasteiger partial charge < -0.3 is 10.1 Å². The van der Waals surface area contributed by atoms with Gasteiger partial charge in [-0.3, -0.25) is 0 Å². The van der Waals surface area contributed by atoms with Gasteiger partial charge in [0.15, 0.2) is 0 Å². The Balaban J connectivity index is 1.85. The molecule has 1 N–H and O–H groups in total. The van der Waals surface area contributed by atoms with E-state index in [0.29, 0.717) is 6.10 Å². The van der Waals surface area contributed by atoms with Crippen LogP contribution < -0.4 is 5.32 Å². The van der Waals surface area contributed by atoms with E-state index in [1.807, 2.05) is 24.3 Å². The topological polar surface area (TPSA) is 21.3 Å². The van der Waals surface area contributed by atoms with Gasteiger partial charge in [0.1, 0.15) is 4.99 Å². The van der Waals surface area contributed by atoms with Crippen molar-refractivity contribution in [1.29, 1.82) is 0 Å². The quantitative estimate of drug-likeness (QED) is 0.840. The largest absolute Gasteiger partial charge is 0.376 e. The second-order valence-corrected chi connectivity index (χ2v) is 4.70. The van der Waals surface area contributed by atoms with E-state index in [1.54, 1.807) is 0 Å². The van der Waals surface area contributed by atoms with Gasteiger partial charge in [0.05, 0.1) is 6.10 Å². The van der Waals surface area contributed by atoms with Gasteiger partial charge in [-0.2, -0.15) is 0 Å². The number of halogens is 1. The van der Waals surface area contributed by atoms with Crippen LogP contribution in [-0.4, -0.2) is 24.2 Å². The van der Waals surface area contributed by atoms with Crippen molar-refractivity contribution in [3.05, 3.63) is 34.9 Å². The first kappa shape index (κ1) is 11.8. The van der Waals surface area contributed by atoms with Gasteiger partial charge >= 0.3 is 0 Å². The summed E-state index contributed by atoms with van der Waals surface area (Å²) in [5, 5.41) is 3.95. The highest BCUT2D eigenvalue weighted by molar-refractivity contribution is 7.80. The van der Waals surface area contributed by atoms with Crippen LogP contribution in [0.4, 0.5) is 0 Å². The smallest absolute Gasteiger partial charge is 0.106 e. The lowest BCUT2D eigenvalue weighted by atomic mass is 10.2. The zero-order valence-electron chi connectivity index (χ0n) is 8.91. The average Bonchev–Trinajstić information content (AvgIpc) is 2.80. The molecule has 0 saturated carbocycles. The van der Waals surface area contributed by atoms with Crippen LogP contribution in [0, 0.1) is 0 Å². The van der Waals surface area contributed by atoms with Crippen LogP contribution in [0.25, 0.3) is 0 Å². The lowest BCUT2D eigenvalue weighted by molar-refractivity contribution is 0.114. The van der Waals surface area contributed by atoms with Gasteiger partial charge in [-0.05, 0) is 25.0 Å². The minimum Gasteiger partial charge on any atom is -0.376 e. The van der Waals surface area contributed by atoms with Crippen LogP contribution in [0.1, 0.15) is 18.4 Å². The molecule has 4 heteroatoms. The summed E-state index contributed by atoms with van der Waals surface area (Å²) in [7, 11) is 0. The molecule has 1 saturated heterocycles. The Bertz CT molecular complexity index is 360. The predicted octanol–water partition coefficient (Wildman–Crippen LogP) is 2.78. The number of rotatable bonds is 3. The second-order valence-electron chi connectivity index (χ2n) is 3.85. The number of hydrogen-bond acceptors (Lipinski definition) is 2. The molecule has 0 bridgehead atoms. The summed E-state index contributed by atoms with van der Waals surface area (Å²) in [5.41, 5.74) is 0.998. The van der Waals surface area contributed by atoms with Gasteiger partial charge in [0.2, 0.25) is 0 Å². The van der Waals surface area contributed by atoms with E-state index in [4.69, 9.17) is 28.6 Å². The summed E-state index contributed by atoms with van der Waals surface area (Å²) in [6, 6.07) is 7.54. The standard InChI is InChI=1S/C12H14ClNOS/c13-10-5-3-9(4-6-10)12(16)14-8-11-2-1-7-15-11/h3-6,11H,1-2,7-8H2,(H,14,16)/t11-/m0/s1. The molecule has 0 amide bonds. The van der Waals surface area contributed by atoms with Crippen molar-refractivity contribution < 1.29 is 4.74 Å². The van der Waals surface area contributed by atoms with Crippen molar-refractivity contribution in [1.82, 2.24) is 5.32 Å². The molecular formula is C12H14ClNOS. The van der Waals surface area contributed by atoms with E-state index in [1.165, 1.54) is 0 Å². The molecule has 0 aliphatic carbocycles. The van der Waals surface area contributed by atoms with Crippen molar-refractivity contribution in [3.63, 3.8) is 0 Å². The molecule has 0 spiro atoms. The average molecular weight is 256 g/mol. The Labute approximate surface area is 106 Å². The fourth-order valence-corrected chi connectivity index (χ4v) is 2.06. The first-order valence-corrected chi connectivity index (χ1v) is 6.20. The third kappa shape index (κ3) is 3.17. The van der Waals surface area contributed by atoms with E-state index in [9.17, 15) is 0 Å². The Morgan fingerprint density at radius 1 is 1.44 bits per heavy atom. The molecule has 1 aliphatic rings. The first-order chi connectivity index (χ1) is 7.75. The van der Waals surface area contributed by atoms with E-state index in [2.05, 4.69) is 5.32 Å². The third-order valence-corrected chi connectivity index (χ3v) is 3.25. The molecule has 16 heavy (non-hydrogen) atoms. The maximum Gasteiger partial charge on any atom is 0.106 e. The van der Waals surface area contributed by atoms with E-state index in [-0.39, 0.29) is 0 Å². The summed E-state index contributed by atoms with van der Waals surface area (Å²) in [4.78, 5) is 0.757. The fourth-order valence-electron chi connectivity index (χ4n) is 1.72. The zero-order valence-corrected chi connectivity index (χ0v) is 10.5. The van der Waals surface area contributed by atoms with Gasteiger partial charge in [0, 0.05) is 23.7 Å². The molecule has 1 atom stereocenters. The molecular weight excluding hydrogens is 242 g/mol. The van der Waals surface area contributed by atoms with Crippen LogP contribution in [0.2, 0.25) is 5.02 Å². The van der Waals surface area contributed by atoms with Crippen molar-refractivity contribution in [2.75, 3.05) is 13.2 Å². The first-order valence-electron chi connectivity index (χ1n) is 5.41. The zero-order chi connectivity index (χ0) is 11.4. The molecule has 1 aromatic carbocycles. The summed E-state index contributed by atoms with van der Waals surface area (Å²) >= 11 is 11.1. The van der Waals surface area contributed by atoms with E-state index in [0.717, 1.165) is 41.6 Å². The van der Waals surface area contributed by atoms with Gasteiger partial charge in [-0.1, -0.05) is 36.0 Å². The van der Waals surface area contributed by atoms with Crippen LogP contribution in [0.5, 0.6) is 0 Å². The Morgan fingerprint density at radius 3 is 2.81 bits per heavy atom. The van der Waals surface area contributed by atoms with Crippen molar-refractivity contribution in [3.8, 4) is 0 Å². The maximum atomic E-state index is 5.81. The number of nitrogens with one attached hydrogen (secondary N) is 1. The number of benzene rings is 1. The Kier molecular flexibility index (Phi) is 4.16. The predicted molar refractivity (Wildman–Crippen MR) is 70.1 cm³/mol. The minimum absolute atomic E-state index is 0.310. The molecule has 2 rings (SSSR count). The number of ether oxygens (including phenoxy) is 1. The molecule has 0 aromatic heterocycles. The van der Waals surface area contributed by atoms with Crippen LogP contribution >= 0.6 is 23.8 Å². The molecule has 1 fully saturated rings. The lowest BCUT2D eigenvalue weighted by Crippen LogP contribution is -2.31. The van der Waals surface area contributed by atoms with Crippen molar-refractivity contribution in [2.24, 2.45) is 0 Å². The Hall–Kier alpha value is -0.640. The van der Waals surface area contributed by atoms with Gasteiger partial charge in [-0.15, -0.1) is 0 Å². The molecule has 2 nitrogen and oxygen atoms in total. The second kappa shape index (κ2) is 5.62. The summed E-state index contributed by atoms with van der Waals surface area (Å²) in [6.07, 6.45) is 2.58. The monoisotopic (exact) mass is 255 g/mol. The van der Waals surface area contributed by atoms with Crippen LogP contribution in [-0.2, 0) is 4.74 Å². The van der Waals surface area contributed by atoms with E-state index < -0.39 is 0 Å². The van der Waals surface area contributed by atoms with Crippen LogP contribution in [0.15, 0.2) is 24.3 Å². The fraction of sp³-hybridized carbons (Fsp3) is 0.417. The van der Waals surface area contributed by atoms with Crippen molar-refractivity contribution >= 4 is 28.8 Å². The van der Waals surface area contributed by atoms with Crippen LogP contribution in [0.3, 0.4) is 0 Å². The van der Waals surface area contributed by atoms with Gasteiger partial charge in [0.25, 0.3) is 0 Å². The molecule has 86 valence electrons.